The SMILES string of the molecule is CCC[SiH](C)[Zr]([Cl])([Cl])([CH]1C(CC(C)(C)C)=Cc2c(-c3ccc(CC)cc3)cccc21)[CH]1C(CC(C)(C)C)=Cc2c(-c3ccc(CC)cc3)cccc21. The number of hydrogen-bond donors (Lipinski definition) is 0. The third kappa shape index (κ3) is 7.50. The van der Waals surface area contributed by atoms with Crippen LogP contribution >= 0.6 is 17.0 Å². The molecular formula is C48H61Cl2SiZr. The number of aryl methyl sites for hydroxylation is 2. The molecule has 6 rings (SSSR count). The van der Waals surface area contributed by atoms with Gasteiger partial charge in [-0.3, -0.25) is 0 Å². The number of benzene rings is 4. The first-order chi connectivity index (χ1) is 24.5. The van der Waals surface area contributed by atoms with Crippen LogP contribution in [0.5, 0.6) is 0 Å². The van der Waals surface area contributed by atoms with E-state index in [1.165, 1.54) is 66.8 Å². The standard InChI is InChI=1S/2C22H25.C4H11Si.2ClH.Zr/c2*1-5-16-9-11-18(12-10-16)20-8-6-7-19-13-17(14-21(19)20)15-22(2,3)4;1-3-4-5-2;;;/h2*6-14H,5,15H2,1-4H3;5H,3-4H2,1-2H3;2*1H;/q;;;;;+2/p-2. The van der Waals surface area contributed by atoms with Gasteiger partial charge in [-0.2, -0.15) is 0 Å². The van der Waals surface area contributed by atoms with Gasteiger partial charge in [0.25, 0.3) is 0 Å². The Labute approximate surface area is 324 Å². The maximum atomic E-state index is 9.07. The second-order valence-electron chi connectivity index (χ2n) is 18.4. The van der Waals surface area contributed by atoms with E-state index >= 15 is 0 Å². The number of allylic oxidation sites excluding steroid dienone is 2. The van der Waals surface area contributed by atoms with E-state index in [2.05, 4.69) is 166 Å². The number of halogens is 2. The van der Waals surface area contributed by atoms with Crippen LogP contribution in [0.3, 0.4) is 0 Å². The summed E-state index contributed by atoms with van der Waals surface area (Å²) in [6.45, 7) is 23.6. The third-order valence-corrected chi connectivity index (χ3v) is 62.3. The third-order valence-electron chi connectivity index (χ3n) is 11.9. The van der Waals surface area contributed by atoms with Crippen LogP contribution < -0.4 is 0 Å². The number of hydrogen-bond acceptors (Lipinski definition) is 0. The van der Waals surface area contributed by atoms with Crippen LogP contribution in [0.15, 0.2) is 96.1 Å². The fourth-order valence-corrected chi connectivity index (χ4v) is 50.7. The van der Waals surface area contributed by atoms with Gasteiger partial charge in [0.05, 0.1) is 0 Å². The van der Waals surface area contributed by atoms with E-state index in [1.54, 1.807) is 0 Å². The number of fused-ring (bicyclic) bond motifs is 2. The summed E-state index contributed by atoms with van der Waals surface area (Å²) in [5.74, 6) is -1.73. The van der Waals surface area contributed by atoms with Gasteiger partial charge in [0.1, 0.15) is 0 Å². The van der Waals surface area contributed by atoms with Crippen molar-refractivity contribution >= 4 is 35.1 Å². The van der Waals surface area contributed by atoms with E-state index in [9.17, 15) is 0 Å². The molecule has 2 aliphatic rings. The first-order valence-electron chi connectivity index (χ1n) is 19.9. The Bertz CT molecular complexity index is 1850. The molecule has 0 aliphatic heterocycles. The zero-order chi connectivity index (χ0) is 37.7. The minimum absolute atomic E-state index is 0.0777. The molecule has 275 valence electrons. The first-order valence-corrected chi connectivity index (χ1v) is 35.9. The molecule has 0 radical (unpaired) electrons. The zero-order valence-corrected chi connectivity index (χ0v) is 38.6. The van der Waals surface area contributed by atoms with Crippen molar-refractivity contribution in [3.05, 3.63) is 129 Å². The predicted octanol–water partition coefficient (Wildman–Crippen LogP) is 15.4. The van der Waals surface area contributed by atoms with Crippen LogP contribution in [0.25, 0.3) is 34.4 Å². The Hall–Kier alpha value is -1.96. The summed E-state index contributed by atoms with van der Waals surface area (Å²) in [5, 5.41) is 0. The van der Waals surface area contributed by atoms with Gasteiger partial charge in [0, 0.05) is 0 Å². The average Bonchev–Trinajstić information content (AvgIpc) is 3.65. The topological polar surface area (TPSA) is 0 Å². The van der Waals surface area contributed by atoms with E-state index in [1.807, 2.05) is 0 Å². The molecule has 0 saturated carbocycles. The molecule has 4 aromatic rings. The quantitative estimate of drug-likeness (QED) is 0.132. The van der Waals surface area contributed by atoms with Gasteiger partial charge in [-0.05, 0) is 0 Å². The molecule has 4 aromatic carbocycles. The molecule has 0 bridgehead atoms. The minimum atomic E-state index is -5.05. The Morgan fingerprint density at radius 2 is 0.962 bits per heavy atom. The molecule has 0 N–H and O–H groups in total. The molecule has 3 atom stereocenters. The van der Waals surface area contributed by atoms with E-state index in [4.69, 9.17) is 17.0 Å². The fourth-order valence-electron chi connectivity index (χ4n) is 9.55. The molecule has 3 unspecified atom stereocenters. The summed E-state index contributed by atoms with van der Waals surface area (Å²) in [4.78, 5) is 0. The van der Waals surface area contributed by atoms with E-state index in [0.717, 1.165) is 38.1 Å². The Morgan fingerprint density at radius 3 is 1.29 bits per heavy atom. The van der Waals surface area contributed by atoms with Gasteiger partial charge in [0.2, 0.25) is 0 Å². The van der Waals surface area contributed by atoms with Crippen molar-refractivity contribution in [1.29, 1.82) is 0 Å². The van der Waals surface area contributed by atoms with Crippen LogP contribution in [0.2, 0.25) is 12.6 Å². The molecule has 52 heavy (non-hydrogen) atoms. The normalized spacial score (nSPS) is 18.7. The van der Waals surface area contributed by atoms with Gasteiger partial charge in [-0.15, -0.1) is 0 Å². The van der Waals surface area contributed by atoms with Crippen molar-refractivity contribution in [3.8, 4) is 22.3 Å². The van der Waals surface area contributed by atoms with Gasteiger partial charge < -0.3 is 0 Å². The van der Waals surface area contributed by atoms with Crippen molar-refractivity contribution < 1.29 is 15.6 Å². The maximum absolute atomic E-state index is 9.07. The molecule has 0 fully saturated rings. The van der Waals surface area contributed by atoms with Crippen molar-refractivity contribution in [1.82, 2.24) is 0 Å². The Morgan fingerprint density at radius 1 is 0.577 bits per heavy atom. The van der Waals surface area contributed by atoms with Crippen molar-refractivity contribution in [2.45, 2.75) is 114 Å². The number of rotatable bonds is 11. The van der Waals surface area contributed by atoms with Crippen LogP contribution in [-0.4, -0.2) is 5.92 Å². The fraction of sp³-hybridized carbons (Fsp3) is 0.417. The molecule has 0 amide bonds. The van der Waals surface area contributed by atoms with Crippen molar-refractivity contribution in [2.24, 2.45) is 10.8 Å². The summed E-state index contributed by atoms with van der Waals surface area (Å²) < 4.78 is 0.155. The summed E-state index contributed by atoms with van der Waals surface area (Å²) in [7, 11) is 18.1. The molecule has 0 spiro atoms. The molecule has 4 heteroatoms. The zero-order valence-electron chi connectivity index (χ0n) is 33.5. The Kier molecular flexibility index (Phi) is 11.4. The second-order valence-corrected chi connectivity index (χ2v) is 59.7. The van der Waals surface area contributed by atoms with E-state index < -0.39 is 21.5 Å². The summed E-state index contributed by atoms with van der Waals surface area (Å²) >= 11 is -5.05. The van der Waals surface area contributed by atoms with Gasteiger partial charge in [0.15, 0.2) is 0 Å². The van der Waals surface area contributed by atoms with E-state index in [-0.39, 0.29) is 18.1 Å². The summed E-state index contributed by atoms with van der Waals surface area (Å²) in [6, 6.07) is 33.6. The summed E-state index contributed by atoms with van der Waals surface area (Å²) in [5.41, 5.74) is 16.5. The van der Waals surface area contributed by atoms with Crippen LogP contribution in [0, 0.1) is 10.8 Å². The predicted molar refractivity (Wildman–Crippen MR) is 232 cm³/mol. The first kappa shape index (κ1) is 39.7. The van der Waals surface area contributed by atoms with Crippen LogP contribution in [0.1, 0.15) is 122 Å². The molecule has 2 aliphatic carbocycles. The summed E-state index contributed by atoms with van der Waals surface area (Å²) in [6.07, 6.45) is 10.3. The average molecular weight is 828 g/mol. The monoisotopic (exact) mass is 825 g/mol. The van der Waals surface area contributed by atoms with Crippen LogP contribution in [-0.2, 0) is 28.4 Å². The van der Waals surface area contributed by atoms with Gasteiger partial charge in [-0.25, -0.2) is 0 Å². The molecular weight excluding hydrogens is 767 g/mol. The molecule has 0 aromatic heterocycles. The van der Waals surface area contributed by atoms with Crippen LogP contribution in [0.4, 0.5) is 0 Å². The van der Waals surface area contributed by atoms with Crippen molar-refractivity contribution in [3.63, 3.8) is 0 Å². The van der Waals surface area contributed by atoms with E-state index in [0.29, 0.717) is 0 Å². The van der Waals surface area contributed by atoms with Gasteiger partial charge in [-0.1, -0.05) is 0 Å². The Balaban J connectivity index is 1.64. The molecule has 0 nitrogen and oxygen atoms in total. The second kappa shape index (κ2) is 14.9. The molecule has 0 heterocycles. The van der Waals surface area contributed by atoms with Gasteiger partial charge >= 0.3 is 327 Å². The van der Waals surface area contributed by atoms with Crippen molar-refractivity contribution in [2.75, 3.05) is 0 Å². The molecule has 0 saturated heterocycles.